The summed E-state index contributed by atoms with van der Waals surface area (Å²) in [7, 11) is 1.61. The van der Waals surface area contributed by atoms with Crippen LogP contribution in [0.4, 0.5) is 0 Å². The van der Waals surface area contributed by atoms with E-state index in [9.17, 15) is 4.79 Å². The molecule has 0 saturated carbocycles. The quantitative estimate of drug-likeness (QED) is 0.380. The second kappa shape index (κ2) is 9.18. The molecule has 0 radical (unpaired) electrons. The Labute approximate surface area is 181 Å². The first kappa shape index (κ1) is 20.2. The van der Waals surface area contributed by atoms with Crippen molar-refractivity contribution in [2.45, 2.75) is 0 Å². The van der Waals surface area contributed by atoms with Gasteiger partial charge in [0.25, 0.3) is 0 Å². The Morgan fingerprint density at radius 1 is 0.600 bits per heavy atom. The van der Waals surface area contributed by atoms with Gasteiger partial charge in [0.2, 0.25) is 0 Å². The fourth-order valence-corrected chi connectivity index (χ4v) is 14.3. The van der Waals surface area contributed by atoms with Crippen LogP contribution in [0.25, 0.3) is 0 Å². The van der Waals surface area contributed by atoms with Crippen molar-refractivity contribution in [2.24, 2.45) is 0 Å². The molecule has 148 valence electrons. The van der Waals surface area contributed by atoms with Crippen LogP contribution >= 0.6 is 0 Å². The third-order valence-electron chi connectivity index (χ3n) is 5.11. The molecule has 3 nitrogen and oxygen atoms in total. The van der Waals surface area contributed by atoms with E-state index in [1.54, 1.807) is 31.4 Å². The Morgan fingerprint density at radius 2 is 1.00 bits per heavy atom. The summed E-state index contributed by atoms with van der Waals surface area (Å²) < 4.78 is 15.1. The van der Waals surface area contributed by atoms with Crippen LogP contribution in [-0.2, 0) is 3.07 Å². The second-order valence-corrected chi connectivity index (χ2v) is 16.3. The monoisotopic (exact) mass is 502 g/mol. The van der Waals surface area contributed by atoms with Crippen LogP contribution < -0.4 is 15.5 Å². The van der Waals surface area contributed by atoms with Crippen molar-refractivity contribution >= 4 is 35.5 Å². The first-order valence-corrected chi connectivity index (χ1v) is 15.2. The van der Waals surface area contributed by atoms with Gasteiger partial charge in [-0.2, -0.15) is 0 Å². The molecule has 0 atom stereocenters. The first-order valence-electron chi connectivity index (χ1n) is 9.78. The van der Waals surface area contributed by atoms with Gasteiger partial charge in [0.15, 0.2) is 0 Å². The average molecular weight is 501 g/mol. The van der Waals surface area contributed by atoms with Gasteiger partial charge in [-0.25, -0.2) is 0 Å². The molecule has 0 unspecified atom stereocenters. The Balaban J connectivity index is 1.89. The maximum absolute atomic E-state index is 13.4. The van der Waals surface area contributed by atoms with Crippen LogP contribution in [0.2, 0.25) is 0 Å². The minimum absolute atomic E-state index is 0.315. The summed E-state index contributed by atoms with van der Waals surface area (Å²) in [5.41, 5.74) is 0.514. The Kier molecular flexibility index (Phi) is 6.19. The number of hydrogen-bond donors (Lipinski definition) is 0. The summed E-state index contributed by atoms with van der Waals surface area (Å²) in [5, 5.41) is 0. The second-order valence-electron chi connectivity index (χ2n) is 6.90. The zero-order chi connectivity index (χ0) is 20.8. The van der Waals surface area contributed by atoms with Crippen molar-refractivity contribution in [2.75, 3.05) is 7.11 Å². The molecule has 0 aliphatic carbocycles. The molecule has 0 bridgehead atoms. The van der Waals surface area contributed by atoms with Crippen LogP contribution in [0, 0.1) is 0 Å². The average Bonchev–Trinajstić information content (AvgIpc) is 2.84. The normalized spacial score (nSPS) is 11.0. The Hall–Kier alpha value is -3.05. The molecule has 0 fully saturated rings. The van der Waals surface area contributed by atoms with Crippen molar-refractivity contribution < 1.29 is 12.6 Å². The minimum atomic E-state index is -4.09. The Morgan fingerprint density at radius 3 is 1.37 bits per heavy atom. The number of benzene rings is 4. The molecule has 4 aromatic rings. The van der Waals surface area contributed by atoms with E-state index in [-0.39, 0.29) is 5.97 Å². The van der Waals surface area contributed by atoms with Gasteiger partial charge in [0.1, 0.15) is 0 Å². The van der Waals surface area contributed by atoms with Crippen LogP contribution in [0.15, 0.2) is 115 Å². The van der Waals surface area contributed by atoms with Crippen molar-refractivity contribution in [3.63, 3.8) is 0 Å². The van der Waals surface area contributed by atoms with Crippen LogP contribution in [0.5, 0.6) is 5.75 Å². The molecule has 4 heteroatoms. The summed E-state index contributed by atoms with van der Waals surface area (Å²) in [5.74, 6) is 0.389. The predicted molar refractivity (Wildman–Crippen MR) is 122 cm³/mol. The van der Waals surface area contributed by atoms with Gasteiger partial charge in [-0.3, -0.25) is 0 Å². The SMILES string of the molecule is COc1ccc(C(=O)[O][Sn]([c]2ccccc2)([c]2ccccc2)[c]2ccccc2)cc1. The van der Waals surface area contributed by atoms with E-state index in [1.807, 2.05) is 54.6 Å². The molecular weight excluding hydrogens is 479 g/mol. The van der Waals surface area contributed by atoms with Gasteiger partial charge in [-0.15, -0.1) is 0 Å². The predicted octanol–water partition coefficient (Wildman–Crippen LogP) is 3.52. The van der Waals surface area contributed by atoms with E-state index in [2.05, 4.69) is 36.4 Å². The van der Waals surface area contributed by atoms with Gasteiger partial charge < -0.3 is 0 Å². The van der Waals surface area contributed by atoms with Gasteiger partial charge in [0, 0.05) is 0 Å². The van der Waals surface area contributed by atoms with E-state index < -0.39 is 18.8 Å². The van der Waals surface area contributed by atoms with Crippen molar-refractivity contribution in [3.05, 3.63) is 121 Å². The standard InChI is InChI=1S/C8H8O3.3C6H5.Sn/c1-11-7-4-2-6(3-5-7)8(9)10;3*1-2-4-6-5-3-1;/h2-5H,1H3,(H,9,10);3*1-5H;/q;;;;+1/p-1. The molecule has 4 rings (SSSR count). The number of rotatable bonds is 6. The zero-order valence-electron chi connectivity index (χ0n) is 16.7. The number of ether oxygens (including phenoxy) is 1. The van der Waals surface area contributed by atoms with E-state index in [4.69, 9.17) is 7.81 Å². The van der Waals surface area contributed by atoms with Crippen LogP contribution in [-0.4, -0.2) is 31.9 Å². The van der Waals surface area contributed by atoms with Crippen molar-refractivity contribution in [1.29, 1.82) is 0 Å². The first-order chi connectivity index (χ1) is 14.7. The van der Waals surface area contributed by atoms with E-state index in [1.165, 1.54) is 0 Å². The molecule has 4 aromatic carbocycles. The third-order valence-corrected chi connectivity index (χ3v) is 16.3. The number of methoxy groups -OCH3 is 1. The molecule has 0 amide bonds. The molecule has 0 aromatic heterocycles. The number of hydrogen-bond acceptors (Lipinski definition) is 3. The van der Waals surface area contributed by atoms with Crippen molar-refractivity contribution in [3.8, 4) is 5.75 Å². The summed E-state index contributed by atoms with van der Waals surface area (Å²) in [6.07, 6.45) is 0. The molecule has 0 saturated heterocycles. The molecule has 0 spiro atoms. The van der Waals surface area contributed by atoms with E-state index >= 15 is 0 Å². The molecule has 0 aliphatic heterocycles. The summed E-state index contributed by atoms with van der Waals surface area (Å²) >= 11 is -4.09. The van der Waals surface area contributed by atoms with Gasteiger partial charge in [0.05, 0.1) is 0 Å². The summed E-state index contributed by atoms with van der Waals surface area (Å²) in [6.45, 7) is 0. The zero-order valence-corrected chi connectivity index (χ0v) is 19.5. The van der Waals surface area contributed by atoms with Crippen LogP contribution in [0.3, 0.4) is 0 Å². The van der Waals surface area contributed by atoms with Gasteiger partial charge in [-0.05, 0) is 0 Å². The summed E-state index contributed by atoms with van der Waals surface area (Å²) in [6, 6.07) is 37.6. The van der Waals surface area contributed by atoms with E-state index in [0.717, 1.165) is 10.7 Å². The fraction of sp³-hybridized carbons (Fsp3) is 0.0385. The molecule has 0 heterocycles. The maximum atomic E-state index is 13.4. The van der Waals surface area contributed by atoms with Crippen molar-refractivity contribution in [1.82, 2.24) is 0 Å². The molecule has 0 aliphatic rings. The molecule has 0 N–H and O–H groups in total. The van der Waals surface area contributed by atoms with Crippen LogP contribution in [0.1, 0.15) is 10.4 Å². The number of carbonyl (C=O) groups excluding carboxylic acids is 1. The molecule has 30 heavy (non-hydrogen) atoms. The number of carbonyl (C=O) groups is 1. The summed E-state index contributed by atoms with van der Waals surface area (Å²) in [4.78, 5) is 13.4. The fourth-order valence-electron chi connectivity index (χ4n) is 3.62. The van der Waals surface area contributed by atoms with Gasteiger partial charge in [-0.1, -0.05) is 0 Å². The van der Waals surface area contributed by atoms with Gasteiger partial charge >= 0.3 is 182 Å². The Bertz CT molecular complexity index is 999. The van der Waals surface area contributed by atoms with E-state index in [0.29, 0.717) is 11.3 Å². The molecular formula is C26H22O3Sn. The third kappa shape index (κ3) is 3.98. The topological polar surface area (TPSA) is 35.5 Å².